The number of pyridine rings is 1. The predicted octanol–water partition coefficient (Wildman–Crippen LogP) is 4.48. The van der Waals surface area contributed by atoms with Crippen LogP contribution in [0.15, 0.2) is 104 Å². The molecule has 2 amide bonds. The highest BCUT2D eigenvalue weighted by molar-refractivity contribution is 6.06. The first kappa shape index (κ1) is 23.3. The van der Waals surface area contributed by atoms with Crippen molar-refractivity contribution >= 4 is 17.5 Å². The van der Waals surface area contributed by atoms with Gasteiger partial charge in [0.25, 0.3) is 11.8 Å². The number of hydrogen-bond acceptors (Lipinski definition) is 5. The average Bonchev–Trinajstić information content (AvgIpc) is 3.29. The molecule has 6 rings (SSSR count). The molecular weight excluding hydrogens is 476 g/mol. The molecule has 0 atom stereocenters. The number of nitrogens with zero attached hydrogens (tertiary/aromatic N) is 5. The van der Waals surface area contributed by atoms with Crippen LogP contribution in [0, 0.1) is 0 Å². The van der Waals surface area contributed by atoms with E-state index in [1.165, 1.54) is 6.33 Å². The van der Waals surface area contributed by atoms with Crippen molar-refractivity contribution in [2.24, 2.45) is 0 Å². The number of amides is 2. The Labute approximate surface area is 219 Å². The van der Waals surface area contributed by atoms with Crippen LogP contribution in [0.2, 0.25) is 0 Å². The average molecular weight is 501 g/mol. The summed E-state index contributed by atoms with van der Waals surface area (Å²) in [5.41, 5.74) is 6.58. The summed E-state index contributed by atoms with van der Waals surface area (Å²) in [5, 5.41) is 2.99. The number of carbonyl (C=O) groups is 2. The number of fused-ring (bicyclic) bond motifs is 2. The van der Waals surface area contributed by atoms with E-state index in [0.717, 1.165) is 33.6 Å². The Balaban J connectivity index is 1.28. The molecule has 1 aliphatic heterocycles. The Hall–Kier alpha value is -5.11. The highest BCUT2D eigenvalue weighted by atomic mass is 16.2. The van der Waals surface area contributed by atoms with E-state index >= 15 is 0 Å². The van der Waals surface area contributed by atoms with Gasteiger partial charge in [0.2, 0.25) is 0 Å². The number of anilines is 1. The Morgan fingerprint density at radius 2 is 1.61 bits per heavy atom. The van der Waals surface area contributed by atoms with Crippen LogP contribution < -0.4 is 10.2 Å². The lowest BCUT2D eigenvalue weighted by Gasteiger charge is -2.23. The topological polar surface area (TPSA) is 93.0 Å². The molecular formula is C30H24N6O2. The normalized spacial score (nSPS) is 12.3. The Morgan fingerprint density at radius 3 is 2.39 bits per heavy atom. The molecule has 0 spiro atoms. The summed E-state index contributed by atoms with van der Waals surface area (Å²) in [4.78, 5) is 40.9. The van der Waals surface area contributed by atoms with E-state index in [1.54, 1.807) is 29.7 Å². The predicted molar refractivity (Wildman–Crippen MR) is 143 cm³/mol. The molecule has 186 valence electrons. The molecule has 0 fully saturated rings. The number of nitrogens with one attached hydrogen (secondary N) is 1. The third-order valence-corrected chi connectivity index (χ3v) is 6.68. The van der Waals surface area contributed by atoms with Gasteiger partial charge in [-0.25, -0.2) is 9.97 Å². The van der Waals surface area contributed by atoms with Crippen LogP contribution in [-0.4, -0.2) is 31.3 Å². The molecule has 8 nitrogen and oxygen atoms in total. The second-order valence-electron chi connectivity index (χ2n) is 9.06. The van der Waals surface area contributed by atoms with Gasteiger partial charge in [-0.05, 0) is 53.1 Å². The smallest absolute Gasteiger partial charge is 0.268 e. The van der Waals surface area contributed by atoms with Crippen molar-refractivity contribution in [3.63, 3.8) is 0 Å². The fraction of sp³-hybridized carbons (Fsp3) is 0.100. The number of aromatic nitrogens is 4. The quantitative estimate of drug-likeness (QED) is 0.384. The monoisotopic (exact) mass is 500 g/mol. The van der Waals surface area contributed by atoms with Gasteiger partial charge in [-0.2, -0.15) is 0 Å². The van der Waals surface area contributed by atoms with Crippen molar-refractivity contribution in [2.75, 3.05) is 4.90 Å². The molecule has 0 saturated heterocycles. The first-order chi connectivity index (χ1) is 18.7. The molecule has 1 aliphatic rings. The van der Waals surface area contributed by atoms with Gasteiger partial charge in [-0.15, -0.1) is 0 Å². The lowest BCUT2D eigenvalue weighted by molar-refractivity contribution is 0.0941. The molecule has 4 heterocycles. The van der Waals surface area contributed by atoms with Crippen LogP contribution in [-0.2, 0) is 19.6 Å². The molecule has 0 radical (unpaired) electrons. The van der Waals surface area contributed by atoms with Crippen LogP contribution >= 0.6 is 0 Å². The van der Waals surface area contributed by atoms with Crippen LogP contribution in [0.4, 0.5) is 5.69 Å². The van der Waals surface area contributed by atoms with E-state index in [0.29, 0.717) is 30.9 Å². The second kappa shape index (κ2) is 10.1. The Bertz CT molecular complexity index is 1600. The van der Waals surface area contributed by atoms with E-state index in [-0.39, 0.29) is 11.8 Å². The van der Waals surface area contributed by atoms with Crippen molar-refractivity contribution in [1.82, 2.24) is 24.8 Å². The van der Waals surface area contributed by atoms with E-state index in [2.05, 4.69) is 20.3 Å². The number of rotatable bonds is 5. The van der Waals surface area contributed by atoms with Gasteiger partial charge >= 0.3 is 0 Å². The molecule has 0 saturated carbocycles. The van der Waals surface area contributed by atoms with Crippen LogP contribution in [0.25, 0.3) is 11.1 Å². The minimum Gasteiger partial charge on any atom is -0.347 e. The zero-order chi connectivity index (χ0) is 25.9. The van der Waals surface area contributed by atoms with E-state index in [4.69, 9.17) is 0 Å². The number of benzene rings is 2. The minimum absolute atomic E-state index is 0.106. The number of para-hydroxylation sites is 1. The fourth-order valence-corrected chi connectivity index (χ4v) is 4.72. The molecule has 2 aromatic carbocycles. The summed E-state index contributed by atoms with van der Waals surface area (Å²) >= 11 is 0. The van der Waals surface area contributed by atoms with Crippen molar-refractivity contribution in [2.45, 2.75) is 19.6 Å². The van der Waals surface area contributed by atoms with Gasteiger partial charge < -0.3 is 14.8 Å². The lowest BCUT2D eigenvalue weighted by atomic mass is 10.1. The van der Waals surface area contributed by atoms with Crippen molar-refractivity contribution in [1.29, 1.82) is 0 Å². The second-order valence-corrected chi connectivity index (χ2v) is 9.06. The maximum absolute atomic E-state index is 13.8. The first-order valence-corrected chi connectivity index (χ1v) is 12.3. The van der Waals surface area contributed by atoms with Crippen molar-refractivity contribution in [3.05, 3.63) is 132 Å². The van der Waals surface area contributed by atoms with Crippen molar-refractivity contribution < 1.29 is 9.59 Å². The number of carbonyl (C=O) groups excluding carboxylic acids is 2. The molecule has 8 heteroatoms. The molecule has 0 aliphatic carbocycles. The zero-order valence-electron chi connectivity index (χ0n) is 20.5. The first-order valence-electron chi connectivity index (χ1n) is 12.3. The Kier molecular flexibility index (Phi) is 6.19. The third kappa shape index (κ3) is 4.55. The van der Waals surface area contributed by atoms with Crippen LogP contribution in [0.3, 0.4) is 0 Å². The SMILES string of the molecule is O=C(NCc1cccnc1)c1ccc2n1Cc1ccccc1N(C(=O)c1ccc(-c3cncnc3)cc1)C2. The highest BCUT2D eigenvalue weighted by Crippen LogP contribution is 2.30. The standard InChI is InChI=1S/C30H24N6O2/c37-29(34-15-21-4-3-13-31-14-21)28-12-11-26-19-36(27-6-2-1-5-24(27)18-35(26)28)30(38)23-9-7-22(8-10-23)25-16-32-20-33-17-25/h1-14,16-17,20H,15,18-19H2,(H,34,37). The summed E-state index contributed by atoms with van der Waals surface area (Å²) in [6.45, 7) is 1.23. The van der Waals surface area contributed by atoms with Crippen LogP contribution in [0.5, 0.6) is 0 Å². The number of hydrogen-bond donors (Lipinski definition) is 1. The lowest BCUT2D eigenvalue weighted by Crippen LogP contribution is -2.30. The van der Waals surface area contributed by atoms with E-state index in [9.17, 15) is 9.59 Å². The summed E-state index contributed by atoms with van der Waals surface area (Å²) in [6, 6.07) is 22.8. The summed E-state index contributed by atoms with van der Waals surface area (Å²) in [7, 11) is 0. The van der Waals surface area contributed by atoms with Gasteiger partial charge in [0.05, 0.1) is 13.1 Å². The van der Waals surface area contributed by atoms with Gasteiger partial charge in [-0.3, -0.25) is 14.6 Å². The molecule has 0 bridgehead atoms. The maximum atomic E-state index is 13.8. The molecule has 1 N–H and O–H groups in total. The van der Waals surface area contributed by atoms with Crippen molar-refractivity contribution in [3.8, 4) is 11.1 Å². The summed E-state index contributed by atoms with van der Waals surface area (Å²) in [5.74, 6) is -0.275. The fourth-order valence-electron chi connectivity index (χ4n) is 4.72. The summed E-state index contributed by atoms with van der Waals surface area (Å²) in [6.07, 6.45) is 8.42. The zero-order valence-corrected chi connectivity index (χ0v) is 20.5. The maximum Gasteiger partial charge on any atom is 0.268 e. The third-order valence-electron chi connectivity index (χ3n) is 6.68. The van der Waals surface area contributed by atoms with Gasteiger partial charge in [0, 0.05) is 53.8 Å². The van der Waals surface area contributed by atoms with E-state index < -0.39 is 0 Å². The van der Waals surface area contributed by atoms with Gasteiger partial charge in [0.1, 0.15) is 12.0 Å². The van der Waals surface area contributed by atoms with E-state index in [1.807, 2.05) is 77.4 Å². The Morgan fingerprint density at radius 1 is 0.789 bits per heavy atom. The van der Waals surface area contributed by atoms with Gasteiger partial charge in [0.15, 0.2) is 0 Å². The molecule has 0 unspecified atom stereocenters. The molecule has 5 aromatic rings. The van der Waals surface area contributed by atoms with Gasteiger partial charge in [-0.1, -0.05) is 36.4 Å². The highest BCUT2D eigenvalue weighted by Gasteiger charge is 2.27. The largest absolute Gasteiger partial charge is 0.347 e. The molecule has 3 aromatic heterocycles. The van der Waals surface area contributed by atoms with Crippen LogP contribution in [0.1, 0.15) is 37.7 Å². The molecule has 38 heavy (non-hydrogen) atoms. The summed E-state index contributed by atoms with van der Waals surface area (Å²) < 4.78 is 1.99. The minimum atomic E-state index is -0.169.